The zero-order valence-corrected chi connectivity index (χ0v) is 11.3. The predicted octanol–water partition coefficient (Wildman–Crippen LogP) is 3.02. The van der Waals surface area contributed by atoms with Crippen LogP contribution in [0.15, 0.2) is 24.3 Å². The van der Waals surface area contributed by atoms with E-state index in [0.29, 0.717) is 0 Å². The van der Waals surface area contributed by atoms with Gasteiger partial charge in [-0.05, 0) is 27.2 Å². The number of esters is 1. The Morgan fingerprint density at radius 1 is 1.21 bits per heavy atom. The highest BCUT2D eigenvalue weighted by Crippen LogP contribution is 2.15. The molecule has 0 unspecified atom stereocenters. The number of aryl methyl sites for hydroxylation is 1. The largest absolute Gasteiger partial charge is 0.509 e. The Labute approximate surface area is 111 Å². The van der Waals surface area contributed by atoms with Gasteiger partial charge < -0.3 is 17.7 Å². The molecule has 0 bridgehead atoms. The van der Waals surface area contributed by atoms with Crippen LogP contribution in [0.2, 0.25) is 0 Å². The third-order valence-corrected chi connectivity index (χ3v) is 2.43. The van der Waals surface area contributed by atoms with Crippen molar-refractivity contribution in [3.63, 3.8) is 0 Å². The van der Waals surface area contributed by atoms with Crippen LogP contribution in [0.4, 0.5) is 12.9 Å². The number of hydrogen-bond acceptors (Lipinski definition) is 2. The van der Waals surface area contributed by atoms with E-state index in [0.717, 1.165) is 6.07 Å². The number of ether oxygens (including phenoxy) is 1. The summed E-state index contributed by atoms with van der Waals surface area (Å²) in [7, 11) is 0. The summed E-state index contributed by atoms with van der Waals surface area (Å²) < 4.78 is 43.4. The van der Waals surface area contributed by atoms with E-state index in [4.69, 9.17) is 4.74 Å². The summed E-state index contributed by atoms with van der Waals surface area (Å²) in [5, 5.41) is 0. The SMILES string of the molecule is CC(C)(C)OC(=O)CCc1ccccc1[B-](F)(F)F. The number of hydrogen-bond donors (Lipinski definition) is 0. The summed E-state index contributed by atoms with van der Waals surface area (Å²) in [6.45, 7) is 0.109. The quantitative estimate of drug-likeness (QED) is 0.622. The Bertz CT molecular complexity index is 450. The highest BCUT2D eigenvalue weighted by molar-refractivity contribution is 6.74. The fraction of sp³-hybridized carbons (Fsp3) is 0.462. The average molecular weight is 273 g/mol. The lowest BCUT2D eigenvalue weighted by atomic mass is 9.76. The molecule has 0 N–H and O–H groups in total. The number of benzene rings is 1. The minimum atomic E-state index is -5.05. The first-order valence-electron chi connectivity index (χ1n) is 6.09. The molecule has 0 aromatic heterocycles. The topological polar surface area (TPSA) is 26.3 Å². The van der Waals surface area contributed by atoms with Crippen molar-refractivity contribution in [3.05, 3.63) is 29.8 Å². The predicted molar refractivity (Wildman–Crippen MR) is 69.3 cm³/mol. The molecule has 1 aromatic rings. The van der Waals surface area contributed by atoms with Crippen molar-refractivity contribution < 1.29 is 22.5 Å². The summed E-state index contributed by atoms with van der Waals surface area (Å²) in [6, 6.07) is 5.33. The van der Waals surface area contributed by atoms with Crippen LogP contribution in [0.1, 0.15) is 32.8 Å². The van der Waals surface area contributed by atoms with Crippen LogP contribution >= 0.6 is 0 Å². The van der Waals surface area contributed by atoms with Crippen molar-refractivity contribution in [2.75, 3.05) is 0 Å². The van der Waals surface area contributed by atoms with E-state index in [1.165, 1.54) is 18.2 Å². The molecule has 0 heterocycles. The Morgan fingerprint density at radius 3 is 2.32 bits per heavy atom. The second-order valence-electron chi connectivity index (χ2n) is 5.36. The van der Waals surface area contributed by atoms with Crippen LogP contribution in [0.5, 0.6) is 0 Å². The number of carbonyl (C=O) groups is 1. The zero-order chi connectivity index (χ0) is 14.7. The third kappa shape index (κ3) is 5.36. The molecular weight excluding hydrogens is 256 g/mol. The van der Waals surface area contributed by atoms with Crippen molar-refractivity contribution in [2.45, 2.75) is 39.2 Å². The molecule has 0 atom stereocenters. The Morgan fingerprint density at radius 2 is 1.79 bits per heavy atom. The highest BCUT2D eigenvalue weighted by atomic mass is 19.4. The number of rotatable bonds is 4. The Balaban J connectivity index is 2.71. The van der Waals surface area contributed by atoms with Crippen LogP contribution in [0.3, 0.4) is 0 Å². The molecule has 1 rings (SSSR count). The minimum Gasteiger partial charge on any atom is -0.460 e. The molecule has 0 saturated carbocycles. The molecular formula is C13H17BF3O2-. The fourth-order valence-electron chi connectivity index (χ4n) is 1.71. The fourth-order valence-corrected chi connectivity index (χ4v) is 1.71. The Hall–Kier alpha value is -1.46. The molecule has 0 aliphatic rings. The number of carbonyl (C=O) groups excluding carboxylic acids is 1. The molecule has 0 fully saturated rings. The summed E-state index contributed by atoms with van der Waals surface area (Å²) in [6.07, 6.45) is -0.0210. The van der Waals surface area contributed by atoms with Gasteiger partial charge in [0, 0.05) is 6.42 Å². The van der Waals surface area contributed by atoms with Crippen molar-refractivity contribution >= 4 is 18.4 Å². The van der Waals surface area contributed by atoms with Crippen molar-refractivity contribution in [1.82, 2.24) is 0 Å². The van der Waals surface area contributed by atoms with Gasteiger partial charge in [0.2, 0.25) is 0 Å². The van der Waals surface area contributed by atoms with Gasteiger partial charge in [0.15, 0.2) is 0 Å². The lowest BCUT2D eigenvalue weighted by Crippen LogP contribution is -2.37. The molecule has 0 radical (unpaired) electrons. The van der Waals surface area contributed by atoms with Gasteiger partial charge in [-0.2, -0.15) is 0 Å². The van der Waals surface area contributed by atoms with Crippen molar-refractivity contribution in [3.8, 4) is 0 Å². The lowest BCUT2D eigenvalue weighted by molar-refractivity contribution is -0.154. The summed E-state index contributed by atoms with van der Waals surface area (Å²) in [5.41, 5.74) is -1.11. The first-order chi connectivity index (χ1) is 8.59. The van der Waals surface area contributed by atoms with E-state index in [1.807, 2.05) is 0 Å². The maximum atomic E-state index is 12.8. The second kappa shape index (κ2) is 5.67. The molecule has 0 amide bonds. The zero-order valence-electron chi connectivity index (χ0n) is 11.3. The third-order valence-electron chi connectivity index (χ3n) is 2.43. The van der Waals surface area contributed by atoms with Gasteiger partial charge in [-0.25, -0.2) is 0 Å². The van der Waals surface area contributed by atoms with E-state index in [2.05, 4.69) is 0 Å². The normalized spacial score (nSPS) is 12.3. The van der Waals surface area contributed by atoms with Gasteiger partial charge in [0.25, 0.3) is 0 Å². The van der Waals surface area contributed by atoms with E-state index in [9.17, 15) is 17.7 Å². The molecule has 2 nitrogen and oxygen atoms in total. The first-order valence-corrected chi connectivity index (χ1v) is 6.09. The Kier molecular flexibility index (Phi) is 4.66. The van der Waals surface area contributed by atoms with Crippen LogP contribution < -0.4 is 5.46 Å². The average Bonchev–Trinajstić information content (AvgIpc) is 2.23. The van der Waals surface area contributed by atoms with Crippen LogP contribution in [0, 0.1) is 0 Å². The van der Waals surface area contributed by atoms with Crippen LogP contribution in [-0.2, 0) is 16.0 Å². The van der Waals surface area contributed by atoms with E-state index < -0.39 is 24.0 Å². The van der Waals surface area contributed by atoms with Crippen LogP contribution in [-0.4, -0.2) is 18.5 Å². The van der Waals surface area contributed by atoms with Crippen molar-refractivity contribution in [1.29, 1.82) is 0 Å². The van der Waals surface area contributed by atoms with Gasteiger partial charge in [-0.3, -0.25) is 4.79 Å². The summed E-state index contributed by atoms with van der Waals surface area (Å²) >= 11 is 0. The number of halogens is 3. The minimum absolute atomic E-state index is 0.0341. The van der Waals surface area contributed by atoms with Crippen LogP contribution in [0.25, 0.3) is 0 Å². The van der Waals surface area contributed by atoms with E-state index in [1.54, 1.807) is 20.8 Å². The van der Waals surface area contributed by atoms with E-state index >= 15 is 0 Å². The maximum absolute atomic E-state index is 12.8. The van der Waals surface area contributed by atoms with Gasteiger partial charge in [-0.15, -0.1) is 5.46 Å². The van der Waals surface area contributed by atoms with Gasteiger partial charge >= 0.3 is 12.9 Å². The molecule has 6 heteroatoms. The van der Waals surface area contributed by atoms with Crippen molar-refractivity contribution in [2.24, 2.45) is 0 Å². The lowest BCUT2D eigenvalue weighted by Gasteiger charge is -2.21. The maximum Gasteiger partial charge on any atom is 0.509 e. The highest BCUT2D eigenvalue weighted by Gasteiger charge is 2.28. The molecule has 1 aromatic carbocycles. The molecule has 19 heavy (non-hydrogen) atoms. The summed E-state index contributed by atoms with van der Waals surface area (Å²) in [5.74, 6) is -0.489. The van der Waals surface area contributed by atoms with Gasteiger partial charge in [0.1, 0.15) is 5.60 Å². The second-order valence-corrected chi connectivity index (χ2v) is 5.36. The molecule has 0 aliphatic carbocycles. The molecule has 0 aliphatic heterocycles. The standard InChI is InChI=1S/C13H17BF3O2/c1-13(2,3)19-12(18)9-8-10-6-4-5-7-11(10)14(15,16)17/h4-7H,8-9H2,1-3H3/q-1. The summed E-state index contributed by atoms with van der Waals surface area (Å²) in [4.78, 5) is 11.5. The molecule has 0 saturated heterocycles. The van der Waals surface area contributed by atoms with Gasteiger partial charge in [0.05, 0.1) is 0 Å². The first kappa shape index (κ1) is 15.6. The molecule has 0 spiro atoms. The molecule has 106 valence electrons. The van der Waals surface area contributed by atoms with E-state index in [-0.39, 0.29) is 18.4 Å². The smallest absolute Gasteiger partial charge is 0.460 e. The monoisotopic (exact) mass is 273 g/mol. The van der Waals surface area contributed by atoms with Gasteiger partial charge in [-0.1, -0.05) is 29.8 Å².